The minimum Gasteiger partial charge on any atom is -0.384 e. The SMILES string of the molecule is CC.N=Cc1cc(C(N)=O)ccc1NCCCNc1ncc[nH]1. The number of benzene rings is 1. The Hall–Kier alpha value is -2.83. The lowest BCUT2D eigenvalue weighted by molar-refractivity contribution is 0.100. The molecule has 1 amide bonds. The number of nitrogens with one attached hydrogen (secondary N) is 4. The van der Waals surface area contributed by atoms with Gasteiger partial charge in [-0.05, 0) is 24.6 Å². The molecule has 0 aliphatic heterocycles. The number of rotatable bonds is 8. The number of hydrogen-bond acceptors (Lipinski definition) is 5. The summed E-state index contributed by atoms with van der Waals surface area (Å²) in [6.07, 6.45) is 5.54. The predicted octanol–water partition coefficient (Wildman–Crippen LogP) is 2.45. The van der Waals surface area contributed by atoms with Crippen LogP contribution >= 0.6 is 0 Å². The number of primary amides is 1. The first-order chi connectivity index (χ1) is 11.2. The molecule has 7 nitrogen and oxygen atoms in total. The normalized spacial score (nSPS) is 9.48. The summed E-state index contributed by atoms with van der Waals surface area (Å²) in [5.74, 6) is 0.258. The fraction of sp³-hybridized carbons (Fsp3) is 0.312. The molecule has 0 saturated carbocycles. The Bertz CT molecular complexity index is 609. The average Bonchev–Trinajstić information content (AvgIpc) is 3.09. The fourth-order valence-corrected chi connectivity index (χ4v) is 1.88. The maximum Gasteiger partial charge on any atom is 0.248 e. The number of amides is 1. The molecule has 0 fully saturated rings. The number of aromatic amines is 1. The molecule has 0 spiro atoms. The van der Waals surface area contributed by atoms with Crippen molar-refractivity contribution in [3.8, 4) is 0 Å². The number of aromatic nitrogens is 2. The molecule has 124 valence electrons. The summed E-state index contributed by atoms with van der Waals surface area (Å²) in [4.78, 5) is 18.1. The monoisotopic (exact) mass is 316 g/mol. The van der Waals surface area contributed by atoms with Crippen LogP contribution in [0, 0.1) is 5.41 Å². The van der Waals surface area contributed by atoms with Crippen LogP contribution < -0.4 is 16.4 Å². The zero-order chi connectivity index (χ0) is 17.1. The van der Waals surface area contributed by atoms with Gasteiger partial charge in [-0.15, -0.1) is 0 Å². The first-order valence-corrected chi connectivity index (χ1v) is 7.62. The van der Waals surface area contributed by atoms with Gasteiger partial charge in [0, 0.05) is 48.5 Å². The van der Waals surface area contributed by atoms with Crippen molar-refractivity contribution in [1.82, 2.24) is 9.97 Å². The van der Waals surface area contributed by atoms with Crippen LogP contribution in [0.2, 0.25) is 0 Å². The summed E-state index contributed by atoms with van der Waals surface area (Å²) in [5.41, 5.74) is 7.08. The van der Waals surface area contributed by atoms with Gasteiger partial charge in [0.25, 0.3) is 0 Å². The van der Waals surface area contributed by atoms with E-state index in [0.29, 0.717) is 11.1 Å². The Morgan fingerprint density at radius 3 is 2.70 bits per heavy atom. The minimum atomic E-state index is -0.493. The molecule has 0 radical (unpaired) electrons. The van der Waals surface area contributed by atoms with Crippen LogP contribution in [-0.2, 0) is 0 Å². The molecule has 0 aliphatic rings. The van der Waals surface area contributed by atoms with Gasteiger partial charge in [0.05, 0.1) is 0 Å². The van der Waals surface area contributed by atoms with Crippen molar-refractivity contribution in [1.29, 1.82) is 5.41 Å². The number of nitrogens with zero attached hydrogens (tertiary/aromatic N) is 1. The van der Waals surface area contributed by atoms with Crippen molar-refractivity contribution in [2.75, 3.05) is 23.7 Å². The molecule has 0 unspecified atom stereocenters. The summed E-state index contributed by atoms with van der Waals surface area (Å²) in [5, 5.41) is 13.8. The van der Waals surface area contributed by atoms with Crippen molar-refractivity contribution < 1.29 is 4.79 Å². The maximum absolute atomic E-state index is 11.1. The molecular formula is C16H24N6O. The molecule has 6 N–H and O–H groups in total. The number of imidazole rings is 1. The smallest absolute Gasteiger partial charge is 0.248 e. The van der Waals surface area contributed by atoms with Gasteiger partial charge in [-0.2, -0.15) is 0 Å². The average molecular weight is 316 g/mol. The highest BCUT2D eigenvalue weighted by Crippen LogP contribution is 2.15. The molecule has 7 heteroatoms. The lowest BCUT2D eigenvalue weighted by atomic mass is 10.1. The standard InChI is InChI=1S/C14H18N6O.C2H6/c15-9-11-8-10(13(16)21)2-3-12(11)17-4-1-5-18-14-19-6-7-20-14;1-2/h2-3,6-9,15,17H,1,4-5H2,(H2,16,21)(H2,18,19,20);1-2H3. The van der Waals surface area contributed by atoms with Crippen LogP contribution in [-0.4, -0.2) is 35.2 Å². The third-order valence-electron chi connectivity index (χ3n) is 2.95. The highest BCUT2D eigenvalue weighted by atomic mass is 16.1. The highest BCUT2D eigenvalue weighted by molar-refractivity contribution is 5.96. The molecule has 2 aromatic rings. The second-order valence-corrected chi connectivity index (χ2v) is 4.46. The summed E-state index contributed by atoms with van der Waals surface area (Å²) in [6.45, 7) is 5.52. The first-order valence-electron chi connectivity index (χ1n) is 7.62. The predicted molar refractivity (Wildman–Crippen MR) is 94.4 cm³/mol. The number of hydrogen-bond donors (Lipinski definition) is 5. The van der Waals surface area contributed by atoms with Gasteiger partial charge in [-0.1, -0.05) is 13.8 Å². The number of nitrogens with two attached hydrogens (primary N) is 1. The molecule has 0 aliphatic carbocycles. The van der Waals surface area contributed by atoms with Gasteiger partial charge < -0.3 is 26.8 Å². The molecule has 23 heavy (non-hydrogen) atoms. The van der Waals surface area contributed by atoms with Crippen molar-refractivity contribution in [2.45, 2.75) is 20.3 Å². The van der Waals surface area contributed by atoms with Crippen LogP contribution in [0.3, 0.4) is 0 Å². The van der Waals surface area contributed by atoms with E-state index in [-0.39, 0.29) is 0 Å². The van der Waals surface area contributed by atoms with E-state index in [2.05, 4.69) is 20.6 Å². The molecule has 1 aromatic heterocycles. The van der Waals surface area contributed by atoms with E-state index in [0.717, 1.165) is 31.1 Å². The van der Waals surface area contributed by atoms with Crippen molar-refractivity contribution in [3.63, 3.8) is 0 Å². The van der Waals surface area contributed by atoms with Crippen molar-refractivity contribution >= 4 is 23.8 Å². The van der Waals surface area contributed by atoms with Gasteiger partial charge >= 0.3 is 0 Å². The van der Waals surface area contributed by atoms with Crippen molar-refractivity contribution in [3.05, 3.63) is 41.7 Å². The van der Waals surface area contributed by atoms with E-state index in [1.807, 2.05) is 13.8 Å². The van der Waals surface area contributed by atoms with E-state index >= 15 is 0 Å². The number of anilines is 2. The number of carbonyl (C=O) groups excluding carboxylic acids is 1. The zero-order valence-electron chi connectivity index (χ0n) is 13.5. The second kappa shape index (κ2) is 9.99. The van der Waals surface area contributed by atoms with E-state index in [9.17, 15) is 4.79 Å². The Labute approximate surface area is 136 Å². The van der Waals surface area contributed by atoms with E-state index in [4.69, 9.17) is 11.1 Å². The van der Waals surface area contributed by atoms with Crippen LogP contribution in [0.25, 0.3) is 0 Å². The quantitative estimate of drug-likeness (QED) is 0.379. The largest absolute Gasteiger partial charge is 0.384 e. The molecule has 0 atom stereocenters. The van der Waals surface area contributed by atoms with E-state index in [1.54, 1.807) is 30.6 Å². The second-order valence-electron chi connectivity index (χ2n) is 4.46. The van der Waals surface area contributed by atoms with Gasteiger partial charge in [0.1, 0.15) is 0 Å². The molecule has 1 heterocycles. The molecule has 2 rings (SSSR count). The molecule has 1 aromatic carbocycles. The molecular weight excluding hydrogens is 292 g/mol. The first kappa shape index (κ1) is 18.2. The lowest BCUT2D eigenvalue weighted by Crippen LogP contribution is -2.13. The Morgan fingerprint density at radius 2 is 2.09 bits per heavy atom. The van der Waals surface area contributed by atoms with Crippen LogP contribution in [0.15, 0.2) is 30.6 Å². The number of H-pyrrole nitrogens is 1. The third kappa shape index (κ3) is 5.82. The zero-order valence-corrected chi connectivity index (χ0v) is 13.5. The van der Waals surface area contributed by atoms with Gasteiger partial charge in [-0.25, -0.2) is 4.98 Å². The maximum atomic E-state index is 11.1. The van der Waals surface area contributed by atoms with Gasteiger partial charge in [-0.3, -0.25) is 4.79 Å². The third-order valence-corrected chi connectivity index (χ3v) is 2.95. The summed E-state index contributed by atoms with van der Waals surface area (Å²) in [6, 6.07) is 5.03. The summed E-state index contributed by atoms with van der Waals surface area (Å²) in [7, 11) is 0. The van der Waals surface area contributed by atoms with Gasteiger partial charge in [0.15, 0.2) is 5.95 Å². The lowest BCUT2D eigenvalue weighted by Gasteiger charge is -2.10. The highest BCUT2D eigenvalue weighted by Gasteiger charge is 2.05. The Balaban J connectivity index is 0.00000127. The summed E-state index contributed by atoms with van der Waals surface area (Å²) >= 11 is 0. The molecule has 0 saturated heterocycles. The Kier molecular flexibility index (Phi) is 7.91. The fourth-order valence-electron chi connectivity index (χ4n) is 1.88. The van der Waals surface area contributed by atoms with Gasteiger partial charge in [0.2, 0.25) is 5.91 Å². The minimum absolute atomic E-state index is 0.401. The van der Waals surface area contributed by atoms with Crippen LogP contribution in [0.1, 0.15) is 36.2 Å². The van der Waals surface area contributed by atoms with E-state index in [1.165, 1.54) is 6.21 Å². The topological polar surface area (TPSA) is 120 Å². The Morgan fingerprint density at radius 1 is 1.35 bits per heavy atom. The van der Waals surface area contributed by atoms with Crippen molar-refractivity contribution in [2.24, 2.45) is 5.73 Å². The molecule has 0 bridgehead atoms. The number of carbonyl (C=O) groups is 1. The van der Waals surface area contributed by atoms with Crippen LogP contribution in [0.4, 0.5) is 11.6 Å². The van der Waals surface area contributed by atoms with Crippen LogP contribution in [0.5, 0.6) is 0 Å². The van der Waals surface area contributed by atoms with E-state index < -0.39 is 5.91 Å². The summed E-state index contributed by atoms with van der Waals surface area (Å²) < 4.78 is 0.